The Morgan fingerprint density at radius 2 is 2.11 bits per heavy atom. The number of carbonyl (C=O) groups is 1. The number of halogens is 1. The maximum absolute atomic E-state index is 13.7. The van der Waals surface area contributed by atoms with Crippen LogP contribution >= 0.6 is 0 Å². The molecular weight excluding hydrogens is 235 g/mol. The molecule has 1 heterocycles. The SMILES string of the molecule is N#Cc1ccc(F)c(-c2ccncc2C(=O)O)c1. The first kappa shape index (κ1) is 11.7. The maximum atomic E-state index is 13.7. The fourth-order valence-corrected chi connectivity index (χ4v) is 1.60. The third-order valence-corrected chi connectivity index (χ3v) is 2.44. The smallest absolute Gasteiger partial charge is 0.337 e. The van der Waals surface area contributed by atoms with Crippen molar-refractivity contribution in [3.63, 3.8) is 0 Å². The van der Waals surface area contributed by atoms with Crippen LogP contribution in [0.3, 0.4) is 0 Å². The summed E-state index contributed by atoms with van der Waals surface area (Å²) in [6.45, 7) is 0. The van der Waals surface area contributed by atoms with Crippen molar-refractivity contribution in [3.8, 4) is 17.2 Å². The molecule has 0 saturated heterocycles. The van der Waals surface area contributed by atoms with Crippen LogP contribution in [0.5, 0.6) is 0 Å². The Bertz CT molecular complexity index is 662. The quantitative estimate of drug-likeness (QED) is 0.877. The minimum Gasteiger partial charge on any atom is -0.478 e. The van der Waals surface area contributed by atoms with Crippen molar-refractivity contribution in [3.05, 3.63) is 53.6 Å². The lowest BCUT2D eigenvalue weighted by molar-refractivity contribution is 0.0697. The number of carboxylic acid groups (broad SMARTS) is 1. The highest BCUT2D eigenvalue weighted by Crippen LogP contribution is 2.26. The Balaban J connectivity index is 2.69. The highest BCUT2D eigenvalue weighted by atomic mass is 19.1. The molecule has 0 aliphatic carbocycles. The molecule has 1 N–H and O–H groups in total. The van der Waals surface area contributed by atoms with E-state index in [2.05, 4.69) is 4.98 Å². The molecule has 18 heavy (non-hydrogen) atoms. The number of aromatic nitrogens is 1. The summed E-state index contributed by atoms with van der Waals surface area (Å²) in [7, 11) is 0. The number of carboxylic acids is 1. The van der Waals surface area contributed by atoms with E-state index in [4.69, 9.17) is 10.4 Å². The molecule has 2 aromatic rings. The third-order valence-electron chi connectivity index (χ3n) is 2.44. The monoisotopic (exact) mass is 242 g/mol. The van der Waals surface area contributed by atoms with E-state index in [1.165, 1.54) is 24.4 Å². The van der Waals surface area contributed by atoms with E-state index >= 15 is 0 Å². The lowest BCUT2D eigenvalue weighted by atomic mass is 9.99. The van der Waals surface area contributed by atoms with Gasteiger partial charge in [-0.1, -0.05) is 0 Å². The van der Waals surface area contributed by atoms with Crippen LogP contribution in [-0.4, -0.2) is 16.1 Å². The Morgan fingerprint density at radius 3 is 2.78 bits per heavy atom. The van der Waals surface area contributed by atoms with E-state index in [1.54, 1.807) is 0 Å². The third kappa shape index (κ3) is 2.04. The van der Waals surface area contributed by atoms with Gasteiger partial charge in [-0.05, 0) is 24.3 Å². The van der Waals surface area contributed by atoms with Crippen LogP contribution in [0, 0.1) is 17.1 Å². The van der Waals surface area contributed by atoms with Gasteiger partial charge in [-0.25, -0.2) is 9.18 Å². The fourth-order valence-electron chi connectivity index (χ4n) is 1.60. The number of hydrogen-bond acceptors (Lipinski definition) is 3. The topological polar surface area (TPSA) is 74.0 Å². The zero-order valence-corrected chi connectivity index (χ0v) is 9.09. The molecule has 0 amide bonds. The van der Waals surface area contributed by atoms with Crippen molar-refractivity contribution in [1.82, 2.24) is 4.98 Å². The summed E-state index contributed by atoms with van der Waals surface area (Å²) in [4.78, 5) is 14.7. The summed E-state index contributed by atoms with van der Waals surface area (Å²) in [5.74, 6) is -1.78. The molecular formula is C13H7FN2O2. The van der Waals surface area contributed by atoms with E-state index in [-0.39, 0.29) is 22.3 Å². The Labute approximate surface area is 102 Å². The molecule has 2 rings (SSSR count). The number of rotatable bonds is 2. The van der Waals surface area contributed by atoms with E-state index in [0.717, 1.165) is 12.3 Å². The van der Waals surface area contributed by atoms with Crippen molar-refractivity contribution < 1.29 is 14.3 Å². The van der Waals surface area contributed by atoms with Gasteiger partial charge in [0.05, 0.1) is 17.2 Å². The van der Waals surface area contributed by atoms with Crippen molar-refractivity contribution in [2.75, 3.05) is 0 Å². The molecule has 1 aromatic carbocycles. The predicted octanol–water partition coefficient (Wildman–Crippen LogP) is 2.46. The van der Waals surface area contributed by atoms with Gasteiger partial charge in [0.2, 0.25) is 0 Å². The second-order valence-corrected chi connectivity index (χ2v) is 3.53. The number of aromatic carboxylic acids is 1. The predicted molar refractivity (Wildman–Crippen MR) is 61.3 cm³/mol. The summed E-state index contributed by atoms with van der Waals surface area (Å²) in [5, 5.41) is 17.8. The lowest BCUT2D eigenvalue weighted by Gasteiger charge is -2.07. The first-order valence-electron chi connectivity index (χ1n) is 5.01. The molecule has 0 atom stereocenters. The Hall–Kier alpha value is -2.74. The molecule has 5 heteroatoms. The second kappa shape index (κ2) is 4.63. The first-order chi connectivity index (χ1) is 8.63. The average Bonchev–Trinajstić information content (AvgIpc) is 2.39. The summed E-state index contributed by atoms with van der Waals surface area (Å²) in [6.07, 6.45) is 2.52. The largest absolute Gasteiger partial charge is 0.478 e. The molecule has 4 nitrogen and oxygen atoms in total. The van der Waals surface area contributed by atoms with E-state index in [9.17, 15) is 9.18 Å². The van der Waals surface area contributed by atoms with Crippen LogP contribution < -0.4 is 0 Å². The molecule has 0 saturated carbocycles. The van der Waals surface area contributed by atoms with E-state index in [1.807, 2.05) is 6.07 Å². The van der Waals surface area contributed by atoms with Crippen molar-refractivity contribution in [2.45, 2.75) is 0 Å². The van der Waals surface area contributed by atoms with Gasteiger partial charge in [0.15, 0.2) is 0 Å². The minimum absolute atomic E-state index is 0.0776. The molecule has 1 aromatic heterocycles. The highest BCUT2D eigenvalue weighted by Gasteiger charge is 2.15. The van der Waals surface area contributed by atoms with Crippen LogP contribution in [-0.2, 0) is 0 Å². The molecule has 0 bridgehead atoms. The number of hydrogen-bond donors (Lipinski definition) is 1. The number of nitriles is 1. The van der Waals surface area contributed by atoms with Crippen LogP contribution in [0.15, 0.2) is 36.7 Å². The zero-order valence-electron chi connectivity index (χ0n) is 9.09. The van der Waals surface area contributed by atoms with Crippen molar-refractivity contribution in [1.29, 1.82) is 5.26 Å². The van der Waals surface area contributed by atoms with E-state index < -0.39 is 11.8 Å². The Morgan fingerprint density at radius 1 is 1.33 bits per heavy atom. The average molecular weight is 242 g/mol. The number of pyridine rings is 1. The molecule has 0 radical (unpaired) electrons. The molecule has 0 spiro atoms. The molecule has 0 aliphatic rings. The van der Waals surface area contributed by atoms with Gasteiger partial charge < -0.3 is 5.11 Å². The molecule has 0 fully saturated rings. The van der Waals surface area contributed by atoms with Gasteiger partial charge in [-0.15, -0.1) is 0 Å². The summed E-state index contributed by atoms with van der Waals surface area (Å²) < 4.78 is 13.7. The molecule has 88 valence electrons. The minimum atomic E-state index is -1.19. The Kier molecular flexibility index (Phi) is 3.02. The molecule has 0 aliphatic heterocycles. The standard InChI is InChI=1S/C13H7FN2O2/c14-12-2-1-8(6-15)5-10(12)9-3-4-16-7-11(9)13(17)18/h1-5,7H,(H,17,18). The van der Waals surface area contributed by atoms with Crippen molar-refractivity contribution in [2.24, 2.45) is 0 Å². The first-order valence-corrected chi connectivity index (χ1v) is 5.01. The number of benzene rings is 1. The van der Waals surface area contributed by atoms with Crippen LogP contribution in [0.1, 0.15) is 15.9 Å². The second-order valence-electron chi connectivity index (χ2n) is 3.53. The van der Waals surface area contributed by atoms with E-state index in [0.29, 0.717) is 0 Å². The van der Waals surface area contributed by atoms with Gasteiger partial charge in [0, 0.05) is 23.5 Å². The summed E-state index contributed by atoms with van der Waals surface area (Å²) in [5.41, 5.74) is 0.437. The van der Waals surface area contributed by atoms with Gasteiger partial charge in [0.1, 0.15) is 5.82 Å². The van der Waals surface area contributed by atoms with Crippen LogP contribution in [0.2, 0.25) is 0 Å². The van der Waals surface area contributed by atoms with Gasteiger partial charge >= 0.3 is 5.97 Å². The summed E-state index contributed by atoms with van der Waals surface area (Å²) in [6, 6.07) is 7.08. The van der Waals surface area contributed by atoms with Crippen LogP contribution in [0.25, 0.3) is 11.1 Å². The lowest BCUT2D eigenvalue weighted by Crippen LogP contribution is -2.01. The maximum Gasteiger partial charge on any atom is 0.337 e. The fraction of sp³-hybridized carbons (Fsp3) is 0. The van der Waals surface area contributed by atoms with Gasteiger partial charge in [-0.3, -0.25) is 4.98 Å². The summed E-state index contributed by atoms with van der Waals surface area (Å²) >= 11 is 0. The van der Waals surface area contributed by atoms with Crippen LogP contribution in [0.4, 0.5) is 4.39 Å². The zero-order chi connectivity index (χ0) is 13.1. The normalized spacial score (nSPS) is 9.78. The molecule has 0 unspecified atom stereocenters. The van der Waals surface area contributed by atoms with Crippen molar-refractivity contribution >= 4 is 5.97 Å². The number of nitrogens with zero attached hydrogens (tertiary/aromatic N) is 2. The van der Waals surface area contributed by atoms with Gasteiger partial charge in [-0.2, -0.15) is 5.26 Å². The highest BCUT2D eigenvalue weighted by molar-refractivity contribution is 5.95. The van der Waals surface area contributed by atoms with Gasteiger partial charge in [0.25, 0.3) is 0 Å².